The molecule has 5 rings (SSSR count). The molecular weight excluding hydrogens is 531 g/mol. The third-order valence-electron chi connectivity index (χ3n) is 7.83. The average Bonchev–Trinajstić information content (AvgIpc) is 3.60. The fourth-order valence-electron chi connectivity index (χ4n) is 6.00. The molecule has 0 spiro atoms. The molecule has 0 saturated carbocycles. The molecule has 12 heteroatoms. The van der Waals surface area contributed by atoms with Gasteiger partial charge in [0.25, 0.3) is 0 Å². The number of carbonyl (C=O) groups excluding carboxylic acids is 2. The van der Waals surface area contributed by atoms with Gasteiger partial charge in [0.05, 0.1) is 22.5 Å². The third-order valence-corrected chi connectivity index (χ3v) is 8.80. The van der Waals surface area contributed by atoms with Gasteiger partial charge in [-0.3, -0.25) is 14.6 Å². The number of hydrogen-bond donors (Lipinski definition) is 0. The molecule has 0 radical (unpaired) electrons. The van der Waals surface area contributed by atoms with Crippen molar-refractivity contribution in [3.8, 4) is 0 Å². The second-order valence-corrected chi connectivity index (χ2v) is 12.7. The molecule has 8 nitrogen and oxygen atoms in total. The lowest BCUT2D eigenvalue weighted by Gasteiger charge is -2.37. The fourth-order valence-corrected chi connectivity index (χ4v) is 6.95. The van der Waals surface area contributed by atoms with Gasteiger partial charge in [0.1, 0.15) is 17.5 Å². The molecule has 39 heavy (non-hydrogen) atoms. The zero-order chi connectivity index (χ0) is 28.1. The Labute approximate surface area is 230 Å². The molecule has 0 bridgehead atoms. The molecule has 214 valence electrons. The molecule has 2 atom stereocenters. The molecule has 1 aromatic heterocycles. The summed E-state index contributed by atoms with van der Waals surface area (Å²) in [5.41, 5.74) is -0.279. The van der Waals surface area contributed by atoms with E-state index in [2.05, 4.69) is 14.5 Å². The summed E-state index contributed by atoms with van der Waals surface area (Å²) in [6, 6.07) is 3.38. The van der Waals surface area contributed by atoms with Crippen molar-refractivity contribution < 1.29 is 27.5 Å². The summed E-state index contributed by atoms with van der Waals surface area (Å²) in [5.74, 6) is 2.24. The first kappa shape index (κ1) is 28.1. The number of piperidine rings is 1. The van der Waals surface area contributed by atoms with Gasteiger partial charge in [-0.05, 0) is 65.2 Å². The zero-order valence-electron chi connectivity index (χ0n) is 22.8. The van der Waals surface area contributed by atoms with Crippen LogP contribution in [0.2, 0.25) is 0 Å². The van der Waals surface area contributed by atoms with Crippen LogP contribution in [-0.4, -0.2) is 91.7 Å². The first-order valence-electron chi connectivity index (χ1n) is 13.5. The van der Waals surface area contributed by atoms with Crippen LogP contribution in [0.4, 0.5) is 18.0 Å². The van der Waals surface area contributed by atoms with E-state index in [1.807, 2.05) is 32.6 Å². The van der Waals surface area contributed by atoms with Crippen LogP contribution in [0.3, 0.4) is 0 Å². The van der Waals surface area contributed by atoms with Crippen molar-refractivity contribution in [1.29, 1.82) is 0 Å². The number of rotatable bonds is 3. The Bertz CT molecular complexity index is 1230. The minimum absolute atomic E-state index is 0.0121. The van der Waals surface area contributed by atoms with Gasteiger partial charge in [0.15, 0.2) is 0 Å². The summed E-state index contributed by atoms with van der Waals surface area (Å²) in [6.45, 7) is 9.96. The van der Waals surface area contributed by atoms with E-state index in [1.54, 1.807) is 16.7 Å². The Morgan fingerprint density at radius 3 is 2.41 bits per heavy atom. The first-order chi connectivity index (χ1) is 18.3. The van der Waals surface area contributed by atoms with E-state index < -0.39 is 29.5 Å². The van der Waals surface area contributed by atoms with Crippen molar-refractivity contribution in [2.24, 2.45) is 0 Å². The van der Waals surface area contributed by atoms with Gasteiger partial charge in [0, 0.05) is 44.0 Å². The molecule has 1 aromatic carbocycles. The molecule has 3 fully saturated rings. The molecular formula is C27H36F3N5O3S. The van der Waals surface area contributed by atoms with E-state index in [4.69, 9.17) is 4.74 Å². The molecule has 2 amide bonds. The van der Waals surface area contributed by atoms with Crippen LogP contribution >= 0.6 is 11.8 Å². The lowest BCUT2D eigenvalue weighted by molar-refractivity contribution is -0.137. The third kappa shape index (κ3) is 5.86. The summed E-state index contributed by atoms with van der Waals surface area (Å²) in [4.78, 5) is 36.7. The SMILES string of the molecule is Cc1nc2cc(C(F)(F)F)ccc2n1C1CCN([C@H]2C[C@@H](C(=O)N3CCSC3)N(C(=O)OC(C)(C)C)C2)CC1. The summed E-state index contributed by atoms with van der Waals surface area (Å²) in [6.07, 6.45) is -2.69. The van der Waals surface area contributed by atoms with Gasteiger partial charge in [-0.15, -0.1) is 11.8 Å². The maximum atomic E-state index is 13.4. The standard InChI is InChI=1S/C27H36F3N5O3S/c1-17-31-21-13-18(27(28,29)30)5-6-22(21)35(17)19-7-9-32(10-8-19)20-14-23(24(36)33-11-12-39-16-33)34(15-20)25(37)38-26(2,3)4/h5-6,13,19-20,23H,7-12,14-16H2,1-4H3/t20-,23-/m0/s1. The number of aryl methyl sites for hydroxylation is 1. The summed E-state index contributed by atoms with van der Waals surface area (Å²) in [7, 11) is 0. The molecule has 3 saturated heterocycles. The normalized spacial score (nSPS) is 23.7. The molecule has 4 heterocycles. The number of aromatic nitrogens is 2. The number of likely N-dealkylation sites (tertiary alicyclic amines) is 2. The molecule has 3 aliphatic rings. The highest BCUT2D eigenvalue weighted by atomic mass is 32.2. The number of benzene rings is 1. The predicted molar refractivity (Wildman–Crippen MR) is 143 cm³/mol. The van der Waals surface area contributed by atoms with Crippen molar-refractivity contribution in [3.63, 3.8) is 0 Å². The number of ether oxygens (including phenoxy) is 1. The quantitative estimate of drug-likeness (QED) is 0.525. The maximum Gasteiger partial charge on any atom is 0.416 e. The van der Waals surface area contributed by atoms with E-state index in [9.17, 15) is 22.8 Å². The minimum Gasteiger partial charge on any atom is -0.444 e. The van der Waals surface area contributed by atoms with Gasteiger partial charge in [-0.1, -0.05) is 0 Å². The number of fused-ring (bicyclic) bond motifs is 1. The Kier molecular flexibility index (Phi) is 7.56. The van der Waals surface area contributed by atoms with Crippen molar-refractivity contribution >= 4 is 34.8 Å². The highest BCUT2D eigenvalue weighted by molar-refractivity contribution is 7.99. The Hall–Kier alpha value is -2.47. The minimum atomic E-state index is -4.40. The second-order valence-electron chi connectivity index (χ2n) is 11.7. The van der Waals surface area contributed by atoms with E-state index in [-0.39, 0.29) is 18.0 Å². The zero-order valence-corrected chi connectivity index (χ0v) is 23.6. The second kappa shape index (κ2) is 10.5. The average molecular weight is 568 g/mol. The van der Waals surface area contributed by atoms with Crippen LogP contribution in [0.25, 0.3) is 11.0 Å². The van der Waals surface area contributed by atoms with Gasteiger partial charge >= 0.3 is 12.3 Å². The number of carbonyl (C=O) groups is 2. The van der Waals surface area contributed by atoms with Crippen LogP contribution in [0.5, 0.6) is 0 Å². The van der Waals surface area contributed by atoms with Crippen LogP contribution < -0.4 is 0 Å². The van der Waals surface area contributed by atoms with Gasteiger partial charge < -0.3 is 14.2 Å². The Balaban J connectivity index is 1.29. The van der Waals surface area contributed by atoms with Crippen LogP contribution in [0.1, 0.15) is 57.5 Å². The number of halogens is 3. The largest absolute Gasteiger partial charge is 0.444 e. The van der Waals surface area contributed by atoms with Crippen LogP contribution in [-0.2, 0) is 15.7 Å². The van der Waals surface area contributed by atoms with E-state index in [0.29, 0.717) is 42.2 Å². The number of hydrogen-bond acceptors (Lipinski definition) is 6. The molecule has 0 aliphatic carbocycles. The van der Waals surface area contributed by atoms with Crippen LogP contribution in [0, 0.1) is 6.92 Å². The van der Waals surface area contributed by atoms with Gasteiger partial charge in [0.2, 0.25) is 5.91 Å². The Morgan fingerprint density at radius 1 is 1.08 bits per heavy atom. The van der Waals surface area contributed by atoms with Gasteiger partial charge in [-0.2, -0.15) is 13.2 Å². The number of nitrogens with zero attached hydrogens (tertiary/aromatic N) is 5. The summed E-state index contributed by atoms with van der Waals surface area (Å²) in [5, 5.41) is 0. The van der Waals surface area contributed by atoms with Crippen molar-refractivity contribution in [2.45, 2.75) is 76.9 Å². The lowest BCUT2D eigenvalue weighted by atomic mass is 10.0. The van der Waals surface area contributed by atoms with Crippen molar-refractivity contribution in [1.82, 2.24) is 24.3 Å². The molecule has 3 aliphatic heterocycles. The van der Waals surface area contributed by atoms with E-state index in [0.717, 1.165) is 43.8 Å². The Morgan fingerprint density at radius 2 is 1.79 bits per heavy atom. The van der Waals surface area contributed by atoms with E-state index >= 15 is 0 Å². The fraction of sp³-hybridized carbons (Fsp3) is 0.667. The topological polar surface area (TPSA) is 70.9 Å². The number of alkyl halides is 3. The maximum absolute atomic E-state index is 13.4. The molecule has 0 unspecified atom stereocenters. The highest BCUT2D eigenvalue weighted by Crippen LogP contribution is 2.35. The van der Waals surface area contributed by atoms with Crippen LogP contribution in [0.15, 0.2) is 18.2 Å². The smallest absolute Gasteiger partial charge is 0.416 e. The highest BCUT2D eigenvalue weighted by Gasteiger charge is 2.45. The number of imidazole rings is 1. The van der Waals surface area contributed by atoms with Crippen molar-refractivity contribution in [3.05, 3.63) is 29.6 Å². The number of thioether (sulfide) groups is 1. The molecule has 0 N–H and O–H groups in total. The molecule has 2 aromatic rings. The van der Waals surface area contributed by atoms with Crippen molar-refractivity contribution in [2.75, 3.05) is 37.8 Å². The number of amides is 2. The first-order valence-corrected chi connectivity index (χ1v) is 14.6. The summed E-state index contributed by atoms with van der Waals surface area (Å²) < 4.78 is 47.3. The van der Waals surface area contributed by atoms with Gasteiger partial charge in [-0.25, -0.2) is 9.78 Å². The lowest BCUT2D eigenvalue weighted by Crippen LogP contribution is -2.48. The summed E-state index contributed by atoms with van der Waals surface area (Å²) >= 11 is 1.72. The predicted octanol–water partition coefficient (Wildman–Crippen LogP) is 4.91. The monoisotopic (exact) mass is 567 g/mol. The van der Waals surface area contributed by atoms with E-state index in [1.165, 1.54) is 6.07 Å².